The molecule has 1 aliphatic rings. The molecule has 0 radical (unpaired) electrons. The molecular weight excluding hydrogens is 228 g/mol. The molecule has 96 valence electrons. The molecule has 0 aliphatic carbocycles. The van der Waals surface area contributed by atoms with Gasteiger partial charge in [-0.05, 0) is 56.9 Å². The lowest BCUT2D eigenvalue weighted by Gasteiger charge is -2.26. The number of hydrogen-bond donors (Lipinski definition) is 1. The highest BCUT2D eigenvalue weighted by atomic mass is 32.1. The minimum atomic E-state index is 0.588. The third-order valence-electron chi connectivity index (χ3n) is 3.76. The first-order valence-electron chi connectivity index (χ1n) is 6.82. The predicted molar refractivity (Wildman–Crippen MR) is 75.5 cm³/mol. The van der Waals surface area contributed by atoms with Crippen molar-refractivity contribution < 1.29 is 0 Å². The molecule has 1 fully saturated rings. The van der Waals surface area contributed by atoms with E-state index in [9.17, 15) is 0 Å². The highest BCUT2D eigenvalue weighted by molar-refractivity contribution is 7.12. The number of likely N-dealkylation sites (tertiary alicyclic amines) is 1. The second-order valence-corrected chi connectivity index (χ2v) is 6.12. The topological polar surface area (TPSA) is 29.3 Å². The van der Waals surface area contributed by atoms with Gasteiger partial charge < -0.3 is 5.73 Å². The van der Waals surface area contributed by atoms with Crippen molar-refractivity contribution in [2.24, 2.45) is 11.7 Å². The molecule has 1 aromatic heterocycles. The molecule has 0 bridgehead atoms. The molecule has 2 rings (SSSR count). The molecule has 2 N–H and O–H groups in total. The number of hydrogen-bond acceptors (Lipinski definition) is 3. The van der Waals surface area contributed by atoms with Gasteiger partial charge in [0.25, 0.3) is 0 Å². The van der Waals surface area contributed by atoms with E-state index in [1.165, 1.54) is 35.7 Å². The van der Waals surface area contributed by atoms with Gasteiger partial charge in [0.15, 0.2) is 0 Å². The van der Waals surface area contributed by atoms with Crippen LogP contribution in [0.3, 0.4) is 0 Å². The van der Waals surface area contributed by atoms with Crippen LogP contribution in [0.25, 0.3) is 0 Å². The van der Waals surface area contributed by atoms with Crippen LogP contribution < -0.4 is 5.73 Å². The lowest BCUT2D eigenvalue weighted by Crippen LogP contribution is -2.28. The molecule has 1 aromatic rings. The van der Waals surface area contributed by atoms with Crippen LogP contribution in [0.15, 0.2) is 12.1 Å². The van der Waals surface area contributed by atoms with Gasteiger partial charge in [-0.2, -0.15) is 0 Å². The van der Waals surface area contributed by atoms with Crippen LogP contribution in [-0.4, -0.2) is 24.5 Å². The largest absolute Gasteiger partial charge is 0.330 e. The summed E-state index contributed by atoms with van der Waals surface area (Å²) in [6.07, 6.45) is 3.65. The van der Waals surface area contributed by atoms with Gasteiger partial charge in [-0.25, -0.2) is 0 Å². The van der Waals surface area contributed by atoms with E-state index in [1.807, 2.05) is 11.3 Å². The summed E-state index contributed by atoms with van der Waals surface area (Å²) in [5.74, 6) is 0.657. The molecule has 0 amide bonds. The fourth-order valence-electron chi connectivity index (χ4n) is 2.87. The Morgan fingerprint density at radius 1 is 1.41 bits per heavy atom. The van der Waals surface area contributed by atoms with Crippen LogP contribution in [-0.2, 0) is 6.42 Å². The molecule has 2 atom stereocenters. The Balaban J connectivity index is 2.18. The summed E-state index contributed by atoms with van der Waals surface area (Å²) in [4.78, 5) is 5.66. The van der Waals surface area contributed by atoms with E-state index in [-0.39, 0.29) is 0 Å². The van der Waals surface area contributed by atoms with Gasteiger partial charge >= 0.3 is 0 Å². The molecule has 2 heterocycles. The molecule has 0 spiro atoms. The Morgan fingerprint density at radius 3 is 2.82 bits per heavy atom. The van der Waals surface area contributed by atoms with Gasteiger partial charge in [-0.15, -0.1) is 11.3 Å². The average molecular weight is 252 g/mol. The molecule has 2 unspecified atom stereocenters. The molecule has 0 aromatic carbocycles. The molecule has 3 heteroatoms. The Bertz CT molecular complexity index is 348. The lowest BCUT2D eigenvalue weighted by atomic mass is 9.99. The van der Waals surface area contributed by atoms with E-state index in [0.29, 0.717) is 12.0 Å². The van der Waals surface area contributed by atoms with Gasteiger partial charge in [0.2, 0.25) is 0 Å². The molecular formula is C14H24N2S. The summed E-state index contributed by atoms with van der Waals surface area (Å²) in [5, 5.41) is 0. The van der Waals surface area contributed by atoms with E-state index in [4.69, 9.17) is 5.73 Å². The Morgan fingerprint density at radius 2 is 2.24 bits per heavy atom. The normalized spacial score (nSPS) is 25.6. The summed E-state index contributed by atoms with van der Waals surface area (Å²) < 4.78 is 0. The highest BCUT2D eigenvalue weighted by Crippen LogP contribution is 2.39. The maximum Gasteiger partial charge on any atom is 0.0482 e. The quantitative estimate of drug-likeness (QED) is 0.873. The fraction of sp³-hybridized carbons (Fsp3) is 0.714. The molecule has 17 heavy (non-hydrogen) atoms. The molecule has 1 saturated heterocycles. The first kappa shape index (κ1) is 13.1. The van der Waals surface area contributed by atoms with Gasteiger partial charge in [0.1, 0.15) is 0 Å². The summed E-state index contributed by atoms with van der Waals surface area (Å²) in [5.41, 5.74) is 5.94. The second kappa shape index (κ2) is 5.98. The second-order valence-electron chi connectivity index (χ2n) is 4.92. The van der Waals surface area contributed by atoms with E-state index in [1.54, 1.807) is 0 Å². The van der Waals surface area contributed by atoms with E-state index in [0.717, 1.165) is 13.0 Å². The first-order valence-corrected chi connectivity index (χ1v) is 7.64. The Kier molecular flexibility index (Phi) is 4.60. The average Bonchev–Trinajstić information content (AvgIpc) is 2.94. The number of nitrogens with two attached hydrogens (primary N) is 1. The highest BCUT2D eigenvalue weighted by Gasteiger charge is 2.34. The summed E-state index contributed by atoms with van der Waals surface area (Å²) in [7, 11) is 0. The van der Waals surface area contributed by atoms with Gasteiger partial charge in [0, 0.05) is 15.8 Å². The third kappa shape index (κ3) is 2.72. The zero-order valence-electron chi connectivity index (χ0n) is 11.0. The summed E-state index contributed by atoms with van der Waals surface area (Å²) in [6.45, 7) is 7.75. The predicted octanol–water partition coefficient (Wildman–Crippen LogP) is 3.04. The number of aryl methyl sites for hydroxylation is 1. The van der Waals surface area contributed by atoms with Crippen LogP contribution in [0.5, 0.6) is 0 Å². The van der Waals surface area contributed by atoms with Gasteiger partial charge in [-0.1, -0.05) is 13.8 Å². The fourth-order valence-corrected chi connectivity index (χ4v) is 4.05. The first-order chi connectivity index (χ1) is 8.30. The molecule has 0 saturated carbocycles. The van der Waals surface area contributed by atoms with Crippen molar-refractivity contribution in [1.29, 1.82) is 0 Å². The minimum Gasteiger partial charge on any atom is -0.330 e. The van der Waals surface area contributed by atoms with Crippen molar-refractivity contribution in [3.8, 4) is 0 Å². The standard InChI is InChI=1S/C14H24N2S/c1-3-8-16-9-7-11(10-15)14(16)13-6-5-12(4-2)17-13/h5-6,11,14H,3-4,7-10,15H2,1-2H3. The van der Waals surface area contributed by atoms with Crippen molar-refractivity contribution in [1.82, 2.24) is 4.90 Å². The van der Waals surface area contributed by atoms with Crippen LogP contribution in [0, 0.1) is 5.92 Å². The van der Waals surface area contributed by atoms with Crippen molar-refractivity contribution in [2.75, 3.05) is 19.6 Å². The number of nitrogens with zero attached hydrogens (tertiary/aromatic N) is 1. The van der Waals surface area contributed by atoms with Gasteiger partial charge in [-0.3, -0.25) is 4.90 Å². The van der Waals surface area contributed by atoms with E-state index >= 15 is 0 Å². The van der Waals surface area contributed by atoms with Crippen LogP contribution >= 0.6 is 11.3 Å². The van der Waals surface area contributed by atoms with Crippen molar-refractivity contribution in [3.05, 3.63) is 21.9 Å². The lowest BCUT2D eigenvalue weighted by molar-refractivity contribution is 0.234. The minimum absolute atomic E-state index is 0.588. The smallest absolute Gasteiger partial charge is 0.0482 e. The third-order valence-corrected chi connectivity index (χ3v) is 5.06. The zero-order chi connectivity index (χ0) is 12.3. The number of rotatable bonds is 5. The van der Waals surface area contributed by atoms with Crippen molar-refractivity contribution in [2.45, 2.75) is 39.2 Å². The SMILES string of the molecule is CCCN1CCC(CN)C1c1ccc(CC)s1. The summed E-state index contributed by atoms with van der Waals surface area (Å²) in [6, 6.07) is 5.20. The molecule has 2 nitrogen and oxygen atoms in total. The van der Waals surface area contributed by atoms with Crippen molar-refractivity contribution in [3.63, 3.8) is 0 Å². The monoisotopic (exact) mass is 252 g/mol. The van der Waals surface area contributed by atoms with Crippen molar-refractivity contribution >= 4 is 11.3 Å². The van der Waals surface area contributed by atoms with Crippen LogP contribution in [0.4, 0.5) is 0 Å². The Hall–Kier alpha value is -0.380. The van der Waals surface area contributed by atoms with Crippen LogP contribution in [0.2, 0.25) is 0 Å². The zero-order valence-corrected chi connectivity index (χ0v) is 11.8. The van der Waals surface area contributed by atoms with Gasteiger partial charge in [0.05, 0.1) is 0 Å². The van der Waals surface area contributed by atoms with E-state index in [2.05, 4.69) is 30.9 Å². The maximum absolute atomic E-state index is 5.94. The Labute approximate surface area is 109 Å². The van der Waals surface area contributed by atoms with E-state index < -0.39 is 0 Å². The summed E-state index contributed by atoms with van der Waals surface area (Å²) >= 11 is 1.98. The van der Waals surface area contributed by atoms with Crippen LogP contribution in [0.1, 0.15) is 42.5 Å². The maximum atomic E-state index is 5.94. The number of thiophene rings is 1. The molecule has 1 aliphatic heterocycles.